The Balaban J connectivity index is 2.33. The predicted molar refractivity (Wildman–Crippen MR) is 64.8 cm³/mol. The molecule has 3 heteroatoms. The standard InChI is InChI=1S/C12H11BrN2/c1-9-7-14-12(15-8-9)11-4-2-10(6-13)3-5-11/h2-5,7-8H,6H2,1H3. The highest BCUT2D eigenvalue weighted by atomic mass is 79.9. The molecule has 1 aromatic carbocycles. The van der Waals surface area contributed by atoms with Crippen molar-refractivity contribution in [2.45, 2.75) is 12.3 Å². The second kappa shape index (κ2) is 4.53. The normalized spacial score (nSPS) is 10.3. The number of halogens is 1. The second-order valence-corrected chi connectivity index (χ2v) is 3.98. The number of hydrogen-bond donors (Lipinski definition) is 0. The first-order chi connectivity index (χ1) is 7.29. The summed E-state index contributed by atoms with van der Waals surface area (Å²) in [4.78, 5) is 8.56. The van der Waals surface area contributed by atoms with Crippen LogP contribution < -0.4 is 0 Å². The number of hydrogen-bond acceptors (Lipinski definition) is 2. The largest absolute Gasteiger partial charge is 0.236 e. The first kappa shape index (κ1) is 10.3. The molecule has 1 aromatic heterocycles. The first-order valence-corrected chi connectivity index (χ1v) is 5.85. The molecule has 0 amide bonds. The Morgan fingerprint density at radius 2 is 1.67 bits per heavy atom. The molecule has 2 aromatic rings. The fourth-order valence-electron chi connectivity index (χ4n) is 1.28. The molecule has 0 aliphatic carbocycles. The lowest BCUT2D eigenvalue weighted by Gasteiger charge is -2.01. The molecule has 0 radical (unpaired) electrons. The van der Waals surface area contributed by atoms with Crippen LogP contribution in [0.15, 0.2) is 36.7 Å². The number of nitrogens with zero attached hydrogens (tertiary/aromatic N) is 2. The van der Waals surface area contributed by atoms with E-state index in [1.165, 1.54) is 5.56 Å². The number of rotatable bonds is 2. The lowest BCUT2D eigenvalue weighted by molar-refractivity contribution is 1.14. The lowest BCUT2D eigenvalue weighted by atomic mass is 10.1. The zero-order valence-electron chi connectivity index (χ0n) is 8.44. The van der Waals surface area contributed by atoms with Crippen molar-refractivity contribution in [1.29, 1.82) is 0 Å². The second-order valence-electron chi connectivity index (χ2n) is 3.41. The molecular weight excluding hydrogens is 252 g/mol. The van der Waals surface area contributed by atoms with Gasteiger partial charge in [-0.1, -0.05) is 40.2 Å². The molecule has 0 aliphatic rings. The molecule has 0 fully saturated rings. The Labute approximate surface area is 97.5 Å². The van der Waals surface area contributed by atoms with Crippen molar-refractivity contribution < 1.29 is 0 Å². The molecule has 0 spiro atoms. The van der Waals surface area contributed by atoms with Crippen LogP contribution in [0.4, 0.5) is 0 Å². The van der Waals surface area contributed by atoms with Gasteiger partial charge in [-0.05, 0) is 18.1 Å². The highest BCUT2D eigenvalue weighted by Crippen LogP contribution is 2.16. The molecule has 0 unspecified atom stereocenters. The molecule has 0 saturated heterocycles. The van der Waals surface area contributed by atoms with Crippen LogP contribution >= 0.6 is 15.9 Å². The molecule has 76 valence electrons. The van der Waals surface area contributed by atoms with Crippen molar-refractivity contribution in [3.05, 3.63) is 47.8 Å². The summed E-state index contributed by atoms with van der Waals surface area (Å²) >= 11 is 3.42. The number of aryl methyl sites for hydroxylation is 1. The number of benzene rings is 1. The van der Waals surface area contributed by atoms with E-state index in [1.807, 2.05) is 31.5 Å². The monoisotopic (exact) mass is 262 g/mol. The molecule has 1 heterocycles. The molecule has 15 heavy (non-hydrogen) atoms. The summed E-state index contributed by atoms with van der Waals surface area (Å²) in [5, 5.41) is 0.877. The van der Waals surface area contributed by atoms with Crippen LogP contribution in [0.2, 0.25) is 0 Å². The van der Waals surface area contributed by atoms with Crippen LogP contribution in [0, 0.1) is 6.92 Å². The Hall–Kier alpha value is -1.22. The topological polar surface area (TPSA) is 25.8 Å². The van der Waals surface area contributed by atoms with Crippen LogP contribution in [-0.2, 0) is 5.33 Å². The van der Waals surface area contributed by atoms with Crippen molar-refractivity contribution in [2.75, 3.05) is 0 Å². The van der Waals surface area contributed by atoms with Gasteiger partial charge in [-0.15, -0.1) is 0 Å². The van der Waals surface area contributed by atoms with Gasteiger partial charge in [0.1, 0.15) is 0 Å². The molecule has 2 nitrogen and oxygen atoms in total. The summed E-state index contributed by atoms with van der Waals surface area (Å²) in [6.07, 6.45) is 3.67. The van der Waals surface area contributed by atoms with Gasteiger partial charge in [0.05, 0.1) is 0 Å². The molecule has 0 bridgehead atoms. The zero-order valence-corrected chi connectivity index (χ0v) is 10.0. The van der Waals surface area contributed by atoms with Gasteiger partial charge in [-0.3, -0.25) is 0 Å². The van der Waals surface area contributed by atoms with Crippen LogP contribution in [0.25, 0.3) is 11.4 Å². The van der Waals surface area contributed by atoms with E-state index in [1.54, 1.807) is 0 Å². The fourth-order valence-corrected chi connectivity index (χ4v) is 1.66. The maximum Gasteiger partial charge on any atom is 0.159 e. The lowest BCUT2D eigenvalue weighted by Crippen LogP contribution is -1.89. The van der Waals surface area contributed by atoms with Gasteiger partial charge in [0.2, 0.25) is 0 Å². The van der Waals surface area contributed by atoms with Crippen molar-refractivity contribution in [2.24, 2.45) is 0 Å². The molecular formula is C12H11BrN2. The molecule has 0 atom stereocenters. The van der Waals surface area contributed by atoms with E-state index in [9.17, 15) is 0 Å². The molecule has 2 rings (SSSR count). The Bertz CT molecular complexity index is 434. The highest BCUT2D eigenvalue weighted by molar-refractivity contribution is 9.08. The minimum Gasteiger partial charge on any atom is -0.236 e. The van der Waals surface area contributed by atoms with E-state index >= 15 is 0 Å². The summed E-state index contributed by atoms with van der Waals surface area (Å²) in [6.45, 7) is 1.98. The van der Waals surface area contributed by atoms with Crippen LogP contribution in [0.5, 0.6) is 0 Å². The average Bonchev–Trinajstić information content (AvgIpc) is 2.30. The SMILES string of the molecule is Cc1cnc(-c2ccc(CBr)cc2)nc1. The van der Waals surface area contributed by atoms with Crippen LogP contribution in [-0.4, -0.2) is 9.97 Å². The maximum absolute atomic E-state index is 4.28. The van der Waals surface area contributed by atoms with Crippen molar-refractivity contribution in [3.8, 4) is 11.4 Å². The Morgan fingerprint density at radius 1 is 1.07 bits per heavy atom. The average molecular weight is 263 g/mol. The van der Waals surface area contributed by atoms with Gasteiger partial charge in [0, 0.05) is 23.3 Å². The Kier molecular flexibility index (Phi) is 3.11. The van der Waals surface area contributed by atoms with Gasteiger partial charge < -0.3 is 0 Å². The van der Waals surface area contributed by atoms with Crippen molar-refractivity contribution in [3.63, 3.8) is 0 Å². The minimum atomic E-state index is 0.779. The summed E-state index contributed by atoms with van der Waals surface area (Å²) in [5.74, 6) is 0.779. The fraction of sp³-hybridized carbons (Fsp3) is 0.167. The number of aromatic nitrogens is 2. The van der Waals surface area contributed by atoms with Gasteiger partial charge in [-0.2, -0.15) is 0 Å². The third kappa shape index (κ3) is 2.42. The Morgan fingerprint density at radius 3 is 2.20 bits per heavy atom. The van der Waals surface area contributed by atoms with E-state index in [0.717, 1.165) is 22.3 Å². The third-order valence-electron chi connectivity index (χ3n) is 2.15. The van der Waals surface area contributed by atoms with E-state index < -0.39 is 0 Å². The molecule has 0 saturated carbocycles. The van der Waals surface area contributed by atoms with Gasteiger partial charge in [0.25, 0.3) is 0 Å². The van der Waals surface area contributed by atoms with Gasteiger partial charge in [-0.25, -0.2) is 9.97 Å². The minimum absolute atomic E-state index is 0.779. The zero-order chi connectivity index (χ0) is 10.7. The summed E-state index contributed by atoms with van der Waals surface area (Å²) in [5.41, 5.74) is 3.39. The van der Waals surface area contributed by atoms with Gasteiger partial charge >= 0.3 is 0 Å². The van der Waals surface area contributed by atoms with Crippen molar-refractivity contribution >= 4 is 15.9 Å². The van der Waals surface area contributed by atoms with E-state index in [-0.39, 0.29) is 0 Å². The highest BCUT2D eigenvalue weighted by Gasteiger charge is 1.99. The molecule has 0 N–H and O–H groups in total. The van der Waals surface area contributed by atoms with Crippen molar-refractivity contribution in [1.82, 2.24) is 9.97 Å². The van der Waals surface area contributed by atoms with E-state index in [4.69, 9.17) is 0 Å². The number of alkyl halides is 1. The summed E-state index contributed by atoms with van der Waals surface area (Å²) in [6, 6.07) is 8.24. The van der Waals surface area contributed by atoms with Crippen LogP contribution in [0.3, 0.4) is 0 Å². The smallest absolute Gasteiger partial charge is 0.159 e. The third-order valence-corrected chi connectivity index (χ3v) is 2.79. The quantitative estimate of drug-likeness (QED) is 0.776. The summed E-state index contributed by atoms with van der Waals surface area (Å²) in [7, 11) is 0. The summed E-state index contributed by atoms with van der Waals surface area (Å²) < 4.78 is 0. The van der Waals surface area contributed by atoms with Gasteiger partial charge in [0.15, 0.2) is 5.82 Å². The van der Waals surface area contributed by atoms with E-state index in [0.29, 0.717) is 0 Å². The maximum atomic E-state index is 4.28. The predicted octanol–water partition coefficient (Wildman–Crippen LogP) is 3.35. The van der Waals surface area contributed by atoms with Crippen LogP contribution in [0.1, 0.15) is 11.1 Å². The molecule has 0 aliphatic heterocycles. The first-order valence-electron chi connectivity index (χ1n) is 4.73. The van der Waals surface area contributed by atoms with E-state index in [2.05, 4.69) is 38.0 Å².